The molecule has 0 N–H and O–H groups in total. The molecule has 4 aromatic heterocycles. The van der Waals surface area contributed by atoms with Crippen molar-refractivity contribution in [2.75, 3.05) is 26.2 Å². The van der Waals surface area contributed by atoms with E-state index in [9.17, 15) is 0 Å². The van der Waals surface area contributed by atoms with Crippen LogP contribution in [-0.2, 0) is 52.4 Å². The van der Waals surface area contributed by atoms with E-state index >= 15 is 0 Å². The van der Waals surface area contributed by atoms with Crippen LogP contribution in [0, 0.1) is 23.7 Å². The summed E-state index contributed by atoms with van der Waals surface area (Å²) >= 11 is 0. The topological polar surface area (TPSA) is 64.5 Å². The van der Waals surface area contributed by atoms with E-state index in [0.29, 0.717) is 78.5 Å². The second kappa shape index (κ2) is 13.5. The van der Waals surface area contributed by atoms with Crippen molar-refractivity contribution in [1.29, 1.82) is 0 Å². The molecule has 0 saturated carbocycles. The molecule has 220 valence electrons. The molecule has 0 fully saturated rings. The van der Waals surface area contributed by atoms with E-state index in [1.54, 1.807) is 0 Å². The molecule has 8 nitrogen and oxygen atoms in total. The standard InChI is InChI=1S/C36H36N8/c1-2-18-42-23-31-11-7-15-35(39-31)27-44(28-36-16-8-12-32(24-42)40-36)20-4-3-19-43-25-33-13-5-9-29(37-33)21-41(17-1)22-30-10-6-14-34(26-43)38-30/h5-16H,17-28H2. The van der Waals surface area contributed by atoms with Crippen LogP contribution in [0.2, 0.25) is 0 Å². The van der Waals surface area contributed by atoms with Crippen molar-refractivity contribution >= 4 is 0 Å². The van der Waals surface area contributed by atoms with Gasteiger partial charge in [-0.05, 0) is 48.5 Å². The Labute approximate surface area is 259 Å². The molecule has 8 heteroatoms. The van der Waals surface area contributed by atoms with Gasteiger partial charge in [-0.1, -0.05) is 47.9 Å². The van der Waals surface area contributed by atoms with Crippen LogP contribution in [0.3, 0.4) is 0 Å². The minimum atomic E-state index is 0.630. The fourth-order valence-corrected chi connectivity index (χ4v) is 6.00. The van der Waals surface area contributed by atoms with E-state index < -0.39 is 0 Å². The molecule has 44 heavy (non-hydrogen) atoms. The Kier molecular flexibility index (Phi) is 8.67. The molecule has 0 saturated heterocycles. The van der Waals surface area contributed by atoms with Crippen molar-refractivity contribution in [1.82, 2.24) is 39.5 Å². The lowest BCUT2D eigenvalue weighted by Gasteiger charge is -2.24. The molecule has 0 aliphatic carbocycles. The SMILES string of the molecule is C1#CCN2Cc3cccc(n3)CN(CC#CCN3Cc4cccc(n4)CN(C1)Cc1cccc(n1)C3)Cc1cccc(n1)C2. The van der Waals surface area contributed by atoms with E-state index in [1.165, 1.54) is 0 Å². The highest BCUT2D eigenvalue weighted by molar-refractivity contribution is 5.19. The third kappa shape index (κ3) is 7.55. The molecule has 0 spiro atoms. The Hall–Kier alpha value is -4.44. The van der Waals surface area contributed by atoms with Crippen molar-refractivity contribution in [3.63, 3.8) is 0 Å². The zero-order valence-corrected chi connectivity index (χ0v) is 25.0. The molecular weight excluding hydrogens is 544 g/mol. The number of rotatable bonds is 0. The lowest BCUT2D eigenvalue weighted by Crippen LogP contribution is -2.29. The molecule has 0 aromatic carbocycles. The lowest BCUT2D eigenvalue weighted by molar-refractivity contribution is 0.263. The van der Waals surface area contributed by atoms with Crippen LogP contribution < -0.4 is 0 Å². The van der Waals surface area contributed by atoms with Gasteiger partial charge < -0.3 is 0 Å². The van der Waals surface area contributed by atoms with E-state index in [1.807, 2.05) is 0 Å². The molecule has 0 amide bonds. The summed E-state index contributed by atoms with van der Waals surface area (Å²) in [5.41, 5.74) is 8.37. The fraction of sp³-hybridized carbons (Fsp3) is 0.333. The van der Waals surface area contributed by atoms with Gasteiger partial charge in [-0.3, -0.25) is 39.5 Å². The van der Waals surface area contributed by atoms with Gasteiger partial charge in [0.15, 0.2) is 0 Å². The Balaban J connectivity index is 1.28. The van der Waals surface area contributed by atoms with Gasteiger partial charge in [0.1, 0.15) is 0 Å². The molecule has 0 atom stereocenters. The number of pyridine rings is 4. The second-order valence-corrected chi connectivity index (χ2v) is 11.8. The van der Waals surface area contributed by atoms with Gasteiger partial charge in [0.2, 0.25) is 0 Å². The first-order valence-electron chi connectivity index (χ1n) is 15.3. The zero-order valence-electron chi connectivity index (χ0n) is 25.0. The third-order valence-electron chi connectivity index (χ3n) is 8.00. The number of hydrogen-bond donors (Lipinski definition) is 0. The first-order valence-corrected chi connectivity index (χ1v) is 15.3. The maximum atomic E-state index is 5.04. The van der Waals surface area contributed by atoms with Gasteiger partial charge in [0.05, 0.1) is 71.7 Å². The number of fused-ring (bicyclic) bond motifs is 8. The van der Waals surface area contributed by atoms with E-state index in [-0.39, 0.29) is 0 Å². The largest absolute Gasteiger partial charge is 0.281 e. The van der Waals surface area contributed by atoms with Crippen LogP contribution in [0.5, 0.6) is 0 Å². The summed E-state index contributed by atoms with van der Waals surface area (Å²) in [4.78, 5) is 29.5. The monoisotopic (exact) mass is 580 g/mol. The smallest absolute Gasteiger partial charge is 0.0609 e. The molecule has 7 rings (SSSR count). The molecule has 4 aromatic rings. The van der Waals surface area contributed by atoms with Gasteiger partial charge in [-0.25, -0.2) is 0 Å². The average molecular weight is 581 g/mol. The first kappa shape index (κ1) is 28.3. The molecule has 7 heterocycles. The van der Waals surface area contributed by atoms with Crippen LogP contribution in [-0.4, -0.2) is 65.7 Å². The zero-order chi connectivity index (χ0) is 29.6. The Morgan fingerprint density at radius 1 is 0.318 bits per heavy atom. The number of hydrogen-bond acceptors (Lipinski definition) is 8. The highest BCUT2D eigenvalue weighted by Gasteiger charge is 2.16. The molecule has 12 bridgehead atoms. The highest BCUT2D eigenvalue weighted by atomic mass is 15.2. The molecule has 3 aliphatic rings. The predicted molar refractivity (Wildman–Crippen MR) is 169 cm³/mol. The maximum absolute atomic E-state index is 5.04. The molecular formula is C36H36N8. The number of aromatic nitrogens is 4. The summed E-state index contributed by atoms with van der Waals surface area (Å²) in [6.45, 7) is 8.19. The fourth-order valence-electron chi connectivity index (χ4n) is 6.00. The Bertz CT molecular complexity index is 1410. The normalized spacial score (nSPS) is 23.3. The van der Waals surface area contributed by atoms with Gasteiger partial charge in [-0.15, -0.1) is 0 Å². The minimum absolute atomic E-state index is 0.630. The summed E-state index contributed by atoms with van der Waals surface area (Å²) in [5, 5.41) is 0. The van der Waals surface area contributed by atoms with Crippen molar-refractivity contribution in [3.8, 4) is 23.7 Å². The Morgan fingerprint density at radius 2 is 0.500 bits per heavy atom. The lowest BCUT2D eigenvalue weighted by atomic mass is 10.2. The highest BCUT2D eigenvalue weighted by Crippen LogP contribution is 2.16. The van der Waals surface area contributed by atoms with Crippen molar-refractivity contribution in [3.05, 3.63) is 118 Å². The molecule has 0 radical (unpaired) electrons. The van der Waals surface area contributed by atoms with Crippen LogP contribution in [0.4, 0.5) is 0 Å². The minimum Gasteiger partial charge on any atom is -0.281 e. The summed E-state index contributed by atoms with van der Waals surface area (Å²) in [6, 6.07) is 25.4. The molecule has 0 unspecified atom stereocenters. The van der Waals surface area contributed by atoms with Crippen LogP contribution in [0.1, 0.15) is 45.6 Å². The first-order chi connectivity index (χ1) is 21.7. The second-order valence-electron chi connectivity index (χ2n) is 11.8. The van der Waals surface area contributed by atoms with Crippen molar-refractivity contribution < 1.29 is 0 Å². The summed E-state index contributed by atoms with van der Waals surface area (Å²) in [6.07, 6.45) is 0. The van der Waals surface area contributed by atoms with Gasteiger partial charge >= 0.3 is 0 Å². The van der Waals surface area contributed by atoms with Gasteiger partial charge in [0.25, 0.3) is 0 Å². The van der Waals surface area contributed by atoms with Gasteiger partial charge in [-0.2, -0.15) is 0 Å². The maximum Gasteiger partial charge on any atom is 0.0609 e. The van der Waals surface area contributed by atoms with Crippen molar-refractivity contribution in [2.24, 2.45) is 0 Å². The van der Waals surface area contributed by atoms with Crippen LogP contribution in [0.15, 0.2) is 72.8 Å². The van der Waals surface area contributed by atoms with Gasteiger partial charge in [0, 0.05) is 52.4 Å². The quantitative estimate of drug-likeness (QED) is 0.293. The van der Waals surface area contributed by atoms with Crippen molar-refractivity contribution in [2.45, 2.75) is 52.4 Å². The summed E-state index contributed by atoms with van der Waals surface area (Å²) < 4.78 is 0. The summed E-state index contributed by atoms with van der Waals surface area (Å²) in [5.74, 6) is 13.9. The molecule has 3 aliphatic heterocycles. The summed E-state index contributed by atoms with van der Waals surface area (Å²) in [7, 11) is 0. The third-order valence-corrected chi connectivity index (χ3v) is 8.00. The van der Waals surface area contributed by atoms with Crippen LogP contribution in [0.25, 0.3) is 0 Å². The van der Waals surface area contributed by atoms with E-state index in [2.05, 4.69) is 116 Å². The predicted octanol–water partition coefficient (Wildman–Crippen LogP) is 3.62. The average Bonchev–Trinajstić information content (AvgIpc) is 3.01. The van der Waals surface area contributed by atoms with E-state index in [0.717, 1.165) is 45.6 Å². The Morgan fingerprint density at radius 3 is 0.682 bits per heavy atom. The number of nitrogens with zero attached hydrogens (tertiary/aromatic N) is 8. The van der Waals surface area contributed by atoms with Crippen LogP contribution >= 0.6 is 0 Å². The van der Waals surface area contributed by atoms with E-state index in [4.69, 9.17) is 19.9 Å².